The standard InChI is InChI=1S/C20H26Cl2N2/c1-4-6-19(15-7-5-8-18(22)13-15)20(23,24-14(2)3)16-9-11-17(21)12-10-16/h4-5,7-9,11-14,16,19,24H,1,6,10,23H2,2-3H3. The van der Waals surface area contributed by atoms with Crippen molar-refractivity contribution in [2.45, 2.75) is 44.3 Å². The Kier molecular flexibility index (Phi) is 6.70. The van der Waals surface area contributed by atoms with Gasteiger partial charge >= 0.3 is 0 Å². The van der Waals surface area contributed by atoms with E-state index in [1.54, 1.807) is 0 Å². The molecule has 0 saturated carbocycles. The van der Waals surface area contributed by atoms with Crippen LogP contribution in [0.1, 0.15) is 38.2 Å². The molecule has 1 aliphatic carbocycles. The molecule has 24 heavy (non-hydrogen) atoms. The van der Waals surface area contributed by atoms with Gasteiger partial charge in [-0.15, -0.1) is 6.58 Å². The summed E-state index contributed by atoms with van der Waals surface area (Å²) in [4.78, 5) is 0. The fraction of sp³-hybridized carbons (Fsp3) is 0.400. The molecule has 0 saturated heterocycles. The summed E-state index contributed by atoms with van der Waals surface area (Å²) in [5.74, 6) is 0.183. The van der Waals surface area contributed by atoms with Crippen molar-refractivity contribution in [1.82, 2.24) is 5.32 Å². The van der Waals surface area contributed by atoms with Gasteiger partial charge in [0.15, 0.2) is 0 Å². The Balaban J connectivity index is 2.45. The largest absolute Gasteiger partial charge is 0.312 e. The van der Waals surface area contributed by atoms with E-state index in [-0.39, 0.29) is 17.9 Å². The molecule has 1 aromatic rings. The third-order valence-electron chi connectivity index (χ3n) is 4.44. The van der Waals surface area contributed by atoms with Crippen LogP contribution in [0, 0.1) is 5.92 Å². The van der Waals surface area contributed by atoms with E-state index in [1.165, 1.54) is 0 Å². The number of hydrogen-bond acceptors (Lipinski definition) is 2. The lowest BCUT2D eigenvalue weighted by molar-refractivity contribution is 0.187. The van der Waals surface area contributed by atoms with Crippen LogP contribution in [-0.2, 0) is 0 Å². The molecular formula is C20H26Cl2N2. The molecule has 1 aromatic carbocycles. The van der Waals surface area contributed by atoms with Crippen molar-refractivity contribution >= 4 is 23.2 Å². The topological polar surface area (TPSA) is 38.0 Å². The summed E-state index contributed by atoms with van der Waals surface area (Å²) in [6, 6.07) is 8.17. The van der Waals surface area contributed by atoms with Crippen LogP contribution in [0.25, 0.3) is 0 Å². The van der Waals surface area contributed by atoms with E-state index in [2.05, 4.69) is 37.9 Å². The van der Waals surface area contributed by atoms with E-state index in [4.69, 9.17) is 28.9 Å². The Bertz CT molecular complexity index is 636. The van der Waals surface area contributed by atoms with Gasteiger partial charge in [-0.2, -0.15) is 0 Å². The Morgan fingerprint density at radius 2 is 2.17 bits per heavy atom. The maximum Gasteiger partial charge on any atom is 0.0804 e. The molecule has 0 bridgehead atoms. The Morgan fingerprint density at radius 1 is 1.42 bits per heavy atom. The molecule has 3 N–H and O–H groups in total. The minimum absolute atomic E-state index is 0.0519. The van der Waals surface area contributed by atoms with Gasteiger partial charge in [0.1, 0.15) is 0 Å². The first-order valence-corrected chi connectivity index (χ1v) is 9.09. The first kappa shape index (κ1) is 19.3. The molecule has 3 unspecified atom stereocenters. The smallest absolute Gasteiger partial charge is 0.0804 e. The number of rotatable bonds is 7. The summed E-state index contributed by atoms with van der Waals surface area (Å²) in [6.07, 6.45) is 9.56. The zero-order chi connectivity index (χ0) is 17.7. The number of allylic oxidation sites excluding steroid dienone is 4. The van der Waals surface area contributed by atoms with Gasteiger partial charge in [0.25, 0.3) is 0 Å². The molecule has 0 heterocycles. The summed E-state index contributed by atoms with van der Waals surface area (Å²) in [6.45, 7) is 8.15. The van der Waals surface area contributed by atoms with Gasteiger partial charge in [-0.3, -0.25) is 5.32 Å². The second kappa shape index (κ2) is 8.35. The number of hydrogen-bond donors (Lipinski definition) is 2. The van der Waals surface area contributed by atoms with Crippen LogP contribution in [0.4, 0.5) is 0 Å². The zero-order valence-electron chi connectivity index (χ0n) is 14.3. The quantitative estimate of drug-likeness (QED) is 0.505. The van der Waals surface area contributed by atoms with Gasteiger partial charge < -0.3 is 5.73 Å². The zero-order valence-corrected chi connectivity index (χ0v) is 15.8. The Labute approximate surface area is 155 Å². The lowest BCUT2D eigenvalue weighted by Crippen LogP contribution is -2.64. The molecule has 0 spiro atoms. The normalized spacial score (nSPS) is 21.2. The fourth-order valence-corrected chi connectivity index (χ4v) is 3.77. The highest BCUT2D eigenvalue weighted by Crippen LogP contribution is 2.39. The molecule has 0 radical (unpaired) electrons. The predicted octanol–water partition coefficient (Wildman–Crippen LogP) is 5.35. The van der Waals surface area contributed by atoms with Crippen LogP contribution in [0.5, 0.6) is 0 Å². The lowest BCUT2D eigenvalue weighted by Gasteiger charge is -2.45. The molecule has 0 aromatic heterocycles. The van der Waals surface area contributed by atoms with Gasteiger partial charge in [0, 0.05) is 27.9 Å². The van der Waals surface area contributed by atoms with Gasteiger partial charge in [-0.25, -0.2) is 0 Å². The number of nitrogens with two attached hydrogens (primary N) is 1. The molecule has 0 aliphatic heterocycles. The van der Waals surface area contributed by atoms with Crippen molar-refractivity contribution in [2.24, 2.45) is 11.7 Å². The molecule has 3 atom stereocenters. The number of halogens is 2. The van der Waals surface area contributed by atoms with E-state index < -0.39 is 5.66 Å². The molecule has 2 rings (SSSR count). The van der Waals surface area contributed by atoms with Crippen LogP contribution < -0.4 is 11.1 Å². The molecule has 4 heteroatoms. The molecule has 0 amide bonds. The Hall–Kier alpha value is -1.06. The van der Waals surface area contributed by atoms with Crippen LogP contribution in [0.2, 0.25) is 5.02 Å². The summed E-state index contributed by atoms with van der Waals surface area (Å²) in [7, 11) is 0. The van der Waals surface area contributed by atoms with E-state index in [1.807, 2.05) is 36.4 Å². The average molecular weight is 365 g/mol. The second-order valence-corrected chi connectivity index (χ2v) is 7.53. The summed E-state index contributed by atoms with van der Waals surface area (Å²) in [5, 5.41) is 5.09. The van der Waals surface area contributed by atoms with Crippen LogP contribution >= 0.6 is 23.2 Å². The van der Waals surface area contributed by atoms with Gasteiger partial charge in [0.05, 0.1) is 5.66 Å². The van der Waals surface area contributed by atoms with Crippen LogP contribution in [0.3, 0.4) is 0 Å². The van der Waals surface area contributed by atoms with Crippen LogP contribution in [-0.4, -0.2) is 11.7 Å². The molecule has 1 aliphatic rings. The second-order valence-electron chi connectivity index (χ2n) is 6.65. The predicted molar refractivity (Wildman–Crippen MR) is 105 cm³/mol. The molecule has 0 fully saturated rings. The third kappa shape index (κ3) is 4.52. The minimum Gasteiger partial charge on any atom is -0.312 e. The number of benzene rings is 1. The van der Waals surface area contributed by atoms with Crippen molar-refractivity contribution < 1.29 is 0 Å². The SMILES string of the molecule is C=CCC(c1cccc(Cl)c1)C(N)(NC(C)C)C1C=CC(Cl)=CC1. The summed E-state index contributed by atoms with van der Waals surface area (Å²) in [5.41, 5.74) is 7.50. The van der Waals surface area contributed by atoms with Crippen molar-refractivity contribution in [3.8, 4) is 0 Å². The third-order valence-corrected chi connectivity index (χ3v) is 4.95. The molecular weight excluding hydrogens is 339 g/mol. The summed E-state index contributed by atoms with van der Waals surface area (Å²) >= 11 is 12.3. The maximum absolute atomic E-state index is 7.01. The van der Waals surface area contributed by atoms with Gasteiger partial charge in [-0.05, 0) is 50.5 Å². The maximum atomic E-state index is 7.01. The van der Waals surface area contributed by atoms with Crippen molar-refractivity contribution in [3.63, 3.8) is 0 Å². The average Bonchev–Trinajstić information content (AvgIpc) is 2.52. The highest BCUT2D eigenvalue weighted by Gasteiger charge is 2.41. The van der Waals surface area contributed by atoms with Crippen molar-refractivity contribution in [1.29, 1.82) is 0 Å². The van der Waals surface area contributed by atoms with Gasteiger partial charge in [-0.1, -0.05) is 53.6 Å². The van der Waals surface area contributed by atoms with E-state index in [0.717, 1.165) is 28.5 Å². The Morgan fingerprint density at radius 3 is 2.71 bits per heavy atom. The fourth-order valence-electron chi connectivity index (χ4n) is 3.41. The highest BCUT2D eigenvalue weighted by molar-refractivity contribution is 6.31. The molecule has 130 valence electrons. The molecule has 2 nitrogen and oxygen atoms in total. The van der Waals surface area contributed by atoms with E-state index >= 15 is 0 Å². The van der Waals surface area contributed by atoms with Gasteiger partial charge in [0.2, 0.25) is 0 Å². The van der Waals surface area contributed by atoms with Crippen LogP contribution in [0.15, 0.2) is 60.2 Å². The number of nitrogens with one attached hydrogen (secondary N) is 1. The highest BCUT2D eigenvalue weighted by atomic mass is 35.5. The lowest BCUT2D eigenvalue weighted by atomic mass is 9.73. The van der Waals surface area contributed by atoms with Crippen molar-refractivity contribution in [3.05, 3.63) is 70.8 Å². The van der Waals surface area contributed by atoms with Crippen molar-refractivity contribution in [2.75, 3.05) is 0 Å². The monoisotopic (exact) mass is 364 g/mol. The first-order chi connectivity index (χ1) is 11.4. The van der Waals surface area contributed by atoms with E-state index in [0.29, 0.717) is 0 Å². The first-order valence-electron chi connectivity index (χ1n) is 8.33. The van der Waals surface area contributed by atoms with E-state index in [9.17, 15) is 0 Å². The summed E-state index contributed by atoms with van der Waals surface area (Å²) < 4.78 is 0. The minimum atomic E-state index is -0.627.